The zero-order chi connectivity index (χ0) is 15.7. The lowest BCUT2D eigenvalue weighted by molar-refractivity contribution is -0.173. The average molecular weight is 297 g/mol. The molecule has 1 atom stereocenters. The molecule has 0 saturated heterocycles. The molecule has 0 N–H and O–H groups in total. The Labute approximate surface area is 121 Å². The molecule has 0 radical (unpaired) electrons. The quantitative estimate of drug-likeness (QED) is 0.815. The molecule has 0 saturated carbocycles. The van der Waals surface area contributed by atoms with Gasteiger partial charge in [-0.25, -0.2) is 18.8 Å². The zero-order valence-electron chi connectivity index (χ0n) is 12.3. The van der Waals surface area contributed by atoms with E-state index < -0.39 is 17.7 Å². The Balaban J connectivity index is 2.56. The van der Waals surface area contributed by atoms with Crippen LogP contribution in [-0.2, 0) is 9.63 Å². The Morgan fingerprint density at radius 2 is 1.95 bits per heavy atom. The summed E-state index contributed by atoms with van der Waals surface area (Å²) in [6.45, 7) is 3.72. The minimum Gasteiger partial charge on any atom is -0.317 e. The number of amides is 1. The number of aromatic nitrogens is 2. The molecule has 0 fully saturated rings. The first kappa shape index (κ1) is 15.4. The van der Waals surface area contributed by atoms with Crippen molar-refractivity contribution >= 4 is 16.9 Å². The van der Waals surface area contributed by atoms with E-state index in [9.17, 15) is 13.6 Å². The predicted molar refractivity (Wildman–Crippen MR) is 73.3 cm³/mol. The van der Waals surface area contributed by atoms with E-state index in [0.29, 0.717) is 11.0 Å². The van der Waals surface area contributed by atoms with Gasteiger partial charge in [-0.1, -0.05) is 13.8 Å². The molecular formula is C14H17F2N3O2. The number of carbonyl (C=O) groups excluding carboxylic acids is 1. The summed E-state index contributed by atoms with van der Waals surface area (Å²) in [5, 5.41) is 1.11. The van der Waals surface area contributed by atoms with Gasteiger partial charge >= 0.3 is 0 Å². The maximum Gasteiger partial charge on any atom is 0.269 e. The number of imidazole rings is 1. The van der Waals surface area contributed by atoms with Crippen molar-refractivity contribution in [2.45, 2.75) is 19.9 Å². The number of carbonyl (C=O) groups is 1. The molecule has 2 rings (SSSR count). The minimum atomic E-state index is -0.973. The smallest absolute Gasteiger partial charge is 0.269 e. The fourth-order valence-electron chi connectivity index (χ4n) is 2.25. The topological polar surface area (TPSA) is 47.4 Å². The molecule has 5 nitrogen and oxygen atoms in total. The summed E-state index contributed by atoms with van der Waals surface area (Å²) < 4.78 is 28.2. The molecule has 0 spiro atoms. The van der Waals surface area contributed by atoms with Gasteiger partial charge in [0.25, 0.3) is 5.91 Å². The number of halogens is 2. The Hall–Kier alpha value is -2.02. The van der Waals surface area contributed by atoms with Crippen LogP contribution in [0.25, 0.3) is 11.0 Å². The summed E-state index contributed by atoms with van der Waals surface area (Å²) in [6.07, 6.45) is 1.41. The molecule has 1 amide bonds. The summed E-state index contributed by atoms with van der Waals surface area (Å²) in [4.78, 5) is 21.3. The van der Waals surface area contributed by atoms with Crippen LogP contribution in [0.2, 0.25) is 0 Å². The minimum absolute atomic E-state index is 0.0828. The number of hydrogen-bond donors (Lipinski definition) is 0. The standard InChI is InChI=1S/C14H17F2N3O2/c1-8(2)13(14(20)18(3)21-4)19-7-17-11-5-9(15)10(16)6-12(11)19/h5-8,13H,1-4H3. The molecular weight excluding hydrogens is 280 g/mol. The Morgan fingerprint density at radius 1 is 1.33 bits per heavy atom. The largest absolute Gasteiger partial charge is 0.317 e. The van der Waals surface area contributed by atoms with Crippen molar-refractivity contribution < 1.29 is 18.4 Å². The third kappa shape index (κ3) is 2.73. The third-order valence-electron chi connectivity index (χ3n) is 3.39. The molecule has 7 heteroatoms. The lowest BCUT2D eigenvalue weighted by Crippen LogP contribution is -2.36. The number of hydroxylamine groups is 2. The molecule has 0 aliphatic rings. The molecule has 2 aromatic rings. The van der Waals surface area contributed by atoms with Crippen molar-refractivity contribution in [2.75, 3.05) is 14.2 Å². The molecule has 114 valence electrons. The second kappa shape index (κ2) is 5.77. The van der Waals surface area contributed by atoms with Crippen LogP contribution in [-0.4, -0.2) is 34.7 Å². The molecule has 21 heavy (non-hydrogen) atoms. The maximum atomic E-state index is 13.5. The van der Waals surface area contributed by atoms with E-state index in [2.05, 4.69) is 4.98 Å². The van der Waals surface area contributed by atoms with Crippen LogP contribution in [0.1, 0.15) is 19.9 Å². The average Bonchev–Trinajstić information content (AvgIpc) is 2.81. The summed E-state index contributed by atoms with van der Waals surface area (Å²) in [5.74, 6) is -2.31. The fraction of sp³-hybridized carbons (Fsp3) is 0.429. The molecule has 1 unspecified atom stereocenters. The highest BCUT2D eigenvalue weighted by Gasteiger charge is 2.29. The van der Waals surface area contributed by atoms with Gasteiger partial charge in [0.2, 0.25) is 0 Å². The van der Waals surface area contributed by atoms with Gasteiger partial charge in [-0.2, -0.15) is 0 Å². The van der Waals surface area contributed by atoms with E-state index in [0.717, 1.165) is 17.2 Å². The second-order valence-electron chi connectivity index (χ2n) is 5.11. The van der Waals surface area contributed by atoms with Gasteiger partial charge in [0.15, 0.2) is 11.6 Å². The number of benzene rings is 1. The lowest BCUT2D eigenvalue weighted by Gasteiger charge is -2.26. The Morgan fingerprint density at radius 3 is 2.52 bits per heavy atom. The second-order valence-corrected chi connectivity index (χ2v) is 5.11. The van der Waals surface area contributed by atoms with E-state index in [1.807, 2.05) is 13.8 Å². The van der Waals surface area contributed by atoms with E-state index in [1.54, 1.807) is 4.57 Å². The number of hydrogen-bond acceptors (Lipinski definition) is 3. The highest BCUT2D eigenvalue weighted by molar-refractivity contribution is 5.83. The maximum absolute atomic E-state index is 13.5. The van der Waals surface area contributed by atoms with E-state index >= 15 is 0 Å². The Bertz CT molecular complexity index is 670. The van der Waals surface area contributed by atoms with Gasteiger partial charge < -0.3 is 4.57 Å². The fourth-order valence-corrected chi connectivity index (χ4v) is 2.25. The van der Waals surface area contributed by atoms with Gasteiger partial charge in [-0.05, 0) is 5.92 Å². The summed E-state index contributed by atoms with van der Waals surface area (Å²) >= 11 is 0. The van der Waals surface area contributed by atoms with Crippen LogP contribution in [0.15, 0.2) is 18.5 Å². The van der Waals surface area contributed by atoms with Gasteiger partial charge in [-0.3, -0.25) is 9.63 Å². The van der Waals surface area contributed by atoms with E-state index in [4.69, 9.17) is 4.84 Å². The normalized spacial score (nSPS) is 12.9. The van der Waals surface area contributed by atoms with E-state index in [-0.39, 0.29) is 11.8 Å². The van der Waals surface area contributed by atoms with Crippen LogP contribution in [0.3, 0.4) is 0 Å². The number of nitrogens with zero attached hydrogens (tertiary/aromatic N) is 3. The Kier molecular flexibility index (Phi) is 4.22. The molecule has 1 heterocycles. The van der Waals surface area contributed by atoms with Crippen molar-refractivity contribution in [1.29, 1.82) is 0 Å². The summed E-state index contributed by atoms with van der Waals surface area (Å²) in [6, 6.07) is 1.45. The van der Waals surface area contributed by atoms with Crippen molar-refractivity contribution in [3.8, 4) is 0 Å². The van der Waals surface area contributed by atoms with Gasteiger partial charge in [0.05, 0.1) is 24.5 Å². The highest BCUT2D eigenvalue weighted by Crippen LogP contribution is 2.26. The van der Waals surface area contributed by atoms with Crippen LogP contribution in [0, 0.1) is 17.6 Å². The van der Waals surface area contributed by atoms with Crippen LogP contribution in [0.4, 0.5) is 8.78 Å². The zero-order valence-corrected chi connectivity index (χ0v) is 12.3. The molecule has 0 aliphatic heterocycles. The van der Waals surface area contributed by atoms with Crippen molar-refractivity contribution in [1.82, 2.24) is 14.6 Å². The van der Waals surface area contributed by atoms with Crippen LogP contribution < -0.4 is 0 Å². The lowest BCUT2D eigenvalue weighted by atomic mass is 10.0. The van der Waals surface area contributed by atoms with Crippen LogP contribution in [0.5, 0.6) is 0 Å². The monoisotopic (exact) mass is 297 g/mol. The summed E-state index contributed by atoms with van der Waals surface area (Å²) in [7, 11) is 2.88. The molecule has 0 bridgehead atoms. The van der Waals surface area contributed by atoms with Crippen molar-refractivity contribution in [3.05, 3.63) is 30.1 Å². The molecule has 1 aromatic carbocycles. The number of likely N-dealkylation sites (N-methyl/N-ethyl adjacent to an activating group) is 1. The van der Waals surface area contributed by atoms with Gasteiger partial charge in [0, 0.05) is 19.2 Å². The van der Waals surface area contributed by atoms with Gasteiger partial charge in [-0.15, -0.1) is 0 Å². The third-order valence-corrected chi connectivity index (χ3v) is 3.39. The molecule has 0 aliphatic carbocycles. The first-order valence-corrected chi connectivity index (χ1v) is 6.50. The van der Waals surface area contributed by atoms with Crippen molar-refractivity contribution in [2.24, 2.45) is 5.92 Å². The van der Waals surface area contributed by atoms with Crippen molar-refractivity contribution in [3.63, 3.8) is 0 Å². The summed E-state index contributed by atoms with van der Waals surface area (Å²) in [5.41, 5.74) is 0.665. The van der Waals surface area contributed by atoms with Gasteiger partial charge in [0.1, 0.15) is 6.04 Å². The SMILES string of the molecule is CON(C)C(=O)C(C(C)C)n1cnc2cc(F)c(F)cc21. The van der Waals surface area contributed by atoms with Crippen LogP contribution >= 0.6 is 0 Å². The first-order valence-electron chi connectivity index (χ1n) is 6.50. The first-order chi connectivity index (χ1) is 9.86. The number of fused-ring (bicyclic) bond motifs is 1. The number of rotatable bonds is 4. The molecule has 1 aromatic heterocycles. The highest BCUT2D eigenvalue weighted by atomic mass is 19.2. The predicted octanol–water partition coefficient (Wildman–Crippen LogP) is 2.53. The van der Waals surface area contributed by atoms with E-state index in [1.165, 1.54) is 20.5 Å².